The number of thioether (sulfide) groups is 1. The summed E-state index contributed by atoms with van der Waals surface area (Å²) in [6.45, 7) is 7.08. The van der Waals surface area contributed by atoms with E-state index < -0.39 is 20.2 Å². The van der Waals surface area contributed by atoms with E-state index in [0.29, 0.717) is 18.8 Å². The molecule has 0 amide bonds. The molecule has 1 aliphatic heterocycles. The van der Waals surface area contributed by atoms with E-state index >= 15 is 0 Å². The molecule has 0 spiro atoms. The van der Waals surface area contributed by atoms with Crippen LogP contribution in [0.25, 0.3) is 15.9 Å². The van der Waals surface area contributed by atoms with Crippen LogP contribution in [-0.4, -0.2) is 65.6 Å². The number of anilines is 1. The summed E-state index contributed by atoms with van der Waals surface area (Å²) in [4.78, 5) is 3.22. The Morgan fingerprint density at radius 1 is 1.05 bits per heavy atom. The number of methoxy groups -OCH3 is 1. The van der Waals surface area contributed by atoms with Crippen molar-refractivity contribution in [3.63, 3.8) is 0 Å². The first-order valence-corrected chi connectivity index (χ1v) is 18.9. The number of benzene rings is 2. The Kier molecular flexibility index (Phi) is 10.1. The molecule has 13 heteroatoms. The van der Waals surface area contributed by atoms with Crippen LogP contribution in [0.4, 0.5) is 5.69 Å². The molecule has 1 aromatic heterocycles. The molecule has 0 saturated carbocycles. The van der Waals surface area contributed by atoms with E-state index in [1.165, 1.54) is 9.82 Å². The van der Waals surface area contributed by atoms with Crippen LogP contribution in [0, 0.1) is 13.8 Å². The molecule has 0 saturated heterocycles. The number of rotatable bonds is 12. The van der Waals surface area contributed by atoms with E-state index in [9.17, 15) is 25.9 Å². The summed E-state index contributed by atoms with van der Waals surface area (Å²) in [7, 11) is -6.51. The van der Waals surface area contributed by atoms with Gasteiger partial charge in [-0.2, -0.15) is 0 Å². The third kappa shape index (κ3) is 8.25. The van der Waals surface area contributed by atoms with Crippen LogP contribution in [0.15, 0.2) is 51.9 Å². The Morgan fingerprint density at radius 3 is 2.39 bits per heavy atom. The normalized spacial score (nSPS) is 15.2. The minimum atomic E-state index is -4.06. The van der Waals surface area contributed by atoms with E-state index in [0.717, 1.165) is 43.3 Å². The maximum absolute atomic E-state index is 11.4. The molecule has 222 valence electrons. The predicted octanol–water partition coefficient (Wildman–Crippen LogP) is 4.61. The van der Waals surface area contributed by atoms with Gasteiger partial charge in [0, 0.05) is 0 Å². The number of aryl methyl sites for hydroxylation is 3. The van der Waals surface area contributed by atoms with Crippen molar-refractivity contribution in [1.82, 2.24) is 0 Å². The standard InChI is InChI=1S/C28H34N2O7S3Se/c1-5-21(16-27-29(10-6-12-39(31,32)33)23-14-19(2)20(3)15-25(23)38-27)17-28-30(11-7-13-40(34,35)36)24-18-22(37-4)8-9-26(24)41-28/h8-9,14-18H,5-7,10-13H2,1-4H3,(H-,31,32,33,34,35,36)/p+1. The fourth-order valence-corrected chi connectivity index (χ4v) is 9.25. The molecule has 3 aromatic rings. The molecule has 2 N–H and O–H groups in total. The van der Waals surface area contributed by atoms with Gasteiger partial charge in [0.25, 0.3) is 0 Å². The molecule has 0 aliphatic carbocycles. The van der Waals surface area contributed by atoms with Gasteiger partial charge in [0.15, 0.2) is 0 Å². The zero-order chi connectivity index (χ0) is 29.9. The van der Waals surface area contributed by atoms with E-state index in [2.05, 4.69) is 54.5 Å². The first kappa shape index (κ1) is 31.8. The van der Waals surface area contributed by atoms with Crippen LogP contribution in [0.3, 0.4) is 0 Å². The van der Waals surface area contributed by atoms with E-state index in [1.807, 2.05) is 18.2 Å². The number of hydrogen-bond donors (Lipinski definition) is 2. The zero-order valence-corrected chi connectivity index (χ0v) is 27.6. The summed E-state index contributed by atoms with van der Waals surface area (Å²) in [5, 5.41) is 0.983. The van der Waals surface area contributed by atoms with Crippen molar-refractivity contribution in [2.45, 2.75) is 51.5 Å². The van der Waals surface area contributed by atoms with Crippen LogP contribution in [0.1, 0.15) is 41.9 Å². The van der Waals surface area contributed by atoms with Crippen LogP contribution >= 0.6 is 11.8 Å². The Morgan fingerprint density at radius 2 is 1.73 bits per heavy atom. The third-order valence-corrected chi connectivity index (χ3v) is 11.9. The predicted molar refractivity (Wildman–Crippen MR) is 165 cm³/mol. The summed E-state index contributed by atoms with van der Waals surface area (Å²) < 4.78 is 73.9. The SMILES string of the molecule is CCC(/C=C1\Sc2cc(C)c(C)cc2N1CCCS(=O)(=O)O)=C\c1[se]c2ccc(OC)cc2[n+]1CCCS(=O)(=O)O. The van der Waals surface area contributed by atoms with Crippen molar-refractivity contribution in [3.8, 4) is 5.75 Å². The molecule has 2 heterocycles. The van der Waals surface area contributed by atoms with Crippen LogP contribution in [0.5, 0.6) is 5.75 Å². The molecular weight excluding hydrogens is 651 g/mol. The van der Waals surface area contributed by atoms with Crippen LogP contribution in [0.2, 0.25) is 0 Å². The van der Waals surface area contributed by atoms with Gasteiger partial charge in [-0.15, -0.1) is 0 Å². The molecule has 0 atom stereocenters. The van der Waals surface area contributed by atoms with Crippen LogP contribution < -0.4 is 14.2 Å². The monoisotopic (exact) mass is 687 g/mol. The average molecular weight is 687 g/mol. The third-order valence-electron chi connectivity index (χ3n) is 6.88. The molecular formula is C28H35N2O7S3Se+. The summed E-state index contributed by atoms with van der Waals surface area (Å²) in [5.41, 5.74) is 5.41. The number of nitrogens with zero attached hydrogens (tertiary/aromatic N) is 2. The van der Waals surface area contributed by atoms with Crippen molar-refractivity contribution in [2.75, 3.05) is 30.1 Å². The fraction of sp³-hybridized carbons (Fsp3) is 0.393. The molecule has 9 nitrogen and oxygen atoms in total. The van der Waals surface area contributed by atoms with E-state index in [1.54, 1.807) is 18.9 Å². The second kappa shape index (κ2) is 13.0. The molecule has 0 fully saturated rings. The first-order chi connectivity index (χ1) is 19.3. The molecule has 4 rings (SSSR count). The molecule has 41 heavy (non-hydrogen) atoms. The summed E-state index contributed by atoms with van der Waals surface area (Å²) >= 11 is 1.62. The van der Waals surface area contributed by atoms with Gasteiger partial charge in [-0.1, -0.05) is 0 Å². The van der Waals surface area contributed by atoms with Gasteiger partial charge < -0.3 is 0 Å². The van der Waals surface area contributed by atoms with Gasteiger partial charge in [0.2, 0.25) is 0 Å². The zero-order valence-electron chi connectivity index (χ0n) is 23.5. The number of fused-ring (bicyclic) bond motifs is 2. The number of aromatic nitrogens is 1. The topological polar surface area (TPSA) is 125 Å². The average Bonchev–Trinajstić information content (AvgIpc) is 3.39. The van der Waals surface area contributed by atoms with Gasteiger partial charge in [-0.25, -0.2) is 0 Å². The van der Waals surface area contributed by atoms with Gasteiger partial charge in [-0.05, 0) is 0 Å². The fourth-order valence-electron chi connectivity index (χ4n) is 4.61. The second-order valence-electron chi connectivity index (χ2n) is 9.92. The Hall–Kier alpha value is -2.12. The van der Waals surface area contributed by atoms with Gasteiger partial charge in [0.05, 0.1) is 0 Å². The molecule has 0 radical (unpaired) electrons. The molecule has 0 unspecified atom stereocenters. The Bertz CT molecular complexity index is 1730. The second-order valence-corrected chi connectivity index (χ2v) is 16.4. The first-order valence-electron chi connectivity index (χ1n) is 13.2. The van der Waals surface area contributed by atoms with Crippen molar-refractivity contribution in [1.29, 1.82) is 0 Å². The maximum atomic E-state index is 11.4. The van der Waals surface area contributed by atoms with Crippen molar-refractivity contribution in [2.24, 2.45) is 0 Å². The molecule has 2 aromatic carbocycles. The number of hydrogen-bond acceptors (Lipinski definition) is 7. The van der Waals surface area contributed by atoms with E-state index in [-0.39, 0.29) is 38.9 Å². The Labute approximate surface area is 252 Å². The van der Waals surface area contributed by atoms with Gasteiger partial charge in [-0.3, -0.25) is 0 Å². The number of ether oxygens (including phenoxy) is 1. The minimum absolute atomic E-state index is 0.0200. The van der Waals surface area contributed by atoms with E-state index in [4.69, 9.17) is 4.74 Å². The quantitative estimate of drug-likeness (QED) is 0.160. The van der Waals surface area contributed by atoms with Crippen LogP contribution in [-0.2, 0) is 26.8 Å². The van der Waals surface area contributed by atoms with Gasteiger partial charge in [0.1, 0.15) is 0 Å². The summed E-state index contributed by atoms with van der Waals surface area (Å²) in [6, 6.07) is 10.2. The molecule has 1 aliphatic rings. The summed E-state index contributed by atoms with van der Waals surface area (Å²) in [5.74, 6) is 0.0938. The Balaban J connectivity index is 1.74. The van der Waals surface area contributed by atoms with Crippen molar-refractivity contribution < 1.29 is 35.2 Å². The van der Waals surface area contributed by atoms with Gasteiger partial charge >= 0.3 is 253 Å². The molecule has 0 bridgehead atoms. The van der Waals surface area contributed by atoms with Crippen molar-refractivity contribution >= 4 is 68.0 Å². The number of allylic oxidation sites excluding steroid dienone is 2. The van der Waals surface area contributed by atoms with Crippen molar-refractivity contribution in [3.05, 3.63) is 62.7 Å². The summed E-state index contributed by atoms with van der Waals surface area (Å²) in [6.07, 6.45) is 5.59.